The minimum atomic E-state index is 0.372. The highest BCUT2D eigenvalue weighted by Gasteiger charge is 2.59. The van der Waals surface area contributed by atoms with Gasteiger partial charge in [-0.25, -0.2) is 0 Å². The molecule has 0 unspecified atom stereocenters. The summed E-state index contributed by atoms with van der Waals surface area (Å²) in [7, 11) is 0. The van der Waals surface area contributed by atoms with Gasteiger partial charge in [-0.05, 0) is 18.3 Å². The predicted octanol–water partition coefficient (Wildman–Crippen LogP) is 1.25. The van der Waals surface area contributed by atoms with E-state index in [1.54, 1.807) is 0 Å². The second-order valence-corrected chi connectivity index (χ2v) is 4.50. The van der Waals surface area contributed by atoms with Gasteiger partial charge in [0.25, 0.3) is 0 Å². The Morgan fingerprint density at radius 3 is 3.17 bits per heavy atom. The van der Waals surface area contributed by atoms with Gasteiger partial charge in [0, 0.05) is 18.3 Å². The topological polar surface area (TPSA) is 26.3 Å². The zero-order valence-corrected chi connectivity index (χ0v) is 7.32. The summed E-state index contributed by atoms with van der Waals surface area (Å²) in [5, 5.41) is 0. The highest BCUT2D eigenvalue weighted by molar-refractivity contribution is 5.83. The predicted molar refractivity (Wildman–Crippen MR) is 43.6 cm³/mol. The molecule has 2 saturated carbocycles. The molecule has 0 amide bonds. The van der Waals surface area contributed by atoms with Crippen molar-refractivity contribution in [3.05, 3.63) is 0 Å². The Morgan fingerprint density at radius 2 is 2.33 bits per heavy atom. The van der Waals surface area contributed by atoms with Crippen molar-refractivity contribution in [1.82, 2.24) is 0 Å². The third kappa shape index (κ3) is 0.634. The molecular weight excluding hydrogens is 152 g/mol. The fourth-order valence-electron chi connectivity index (χ4n) is 3.44. The van der Waals surface area contributed by atoms with Crippen molar-refractivity contribution < 1.29 is 9.53 Å². The first-order chi connectivity index (χ1) is 5.79. The van der Waals surface area contributed by atoms with E-state index in [1.165, 1.54) is 0 Å². The molecule has 2 heteroatoms. The summed E-state index contributed by atoms with van der Waals surface area (Å²) in [4.78, 5) is 11.5. The monoisotopic (exact) mass is 166 g/mol. The van der Waals surface area contributed by atoms with Gasteiger partial charge in [0.05, 0.1) is 12.7 Å². The van der Waals surface area contributed by atoms with Gasteiger partial charge in [0.15, 0.2) is 0 Å². The lowest BCUT2D eigenvalue weighted by atomic mass is 9.53. The Balaban J connectivity index is 1.92. The van der Waals surface area contributed by atoms with Crippen molar-refractivity contribution >= 4 is 5.78 Å². The van der Waals surface area contributed by atoms with Crippen LogP contribution in [0, 0.1) is 23.7 Å². The van der Waals surface area contributed by atoms with E-state index in [0.29, 0.717) is 35.6 Å². The van der Waals surface area contributed by atoms with E-state index in [2.05, 4.69) is 6.92 Å². The Labute approximate surface area is 72.3 Å². The molecule has 0 spiro atoms. The van der Waals surface area contributed by atoms with Crippen molar-refractivity contribution in [1.29, 1.82) is 0 Å². The number of ketones is 1. The highest BCUT2D eigenvalue weighted by atomic mass is 16.5. The van der Waals surface area contributed by atoms with E-state index in [0.717, 1.165) is 19.4 Å². The number of Topliss-reactive ketones (excluding diaryl/α,β-unsaturated/α-hetero) is 1. The van der Waals surface area contributed by atoms with Crippen LogP contribution in [0.3, 0.4) is 0 Å². The molecule has 1 aliphatic heterocycles. The van der Waals surface area contributed by atoms with Crippen LogP contribution in [0.5, 0.6) is 0 Å². The SMILES string of the molecule is C[C@@H]1[C@H]2CO[C@H]3CCC(=O)[C@@H]1[C@@H]23. The first-order valence-electron chi connectivity index (χ1n) is 4.93. The second kappa shape index (κ2) is 2.11. The number of ether oxygens (including phenoxy) is 1. The van der Waals surface area contributed by atoms with Gasteiger partial charge in [0.2, 0.25) is 0 Å². The summed E-state index contributed by atoms with van der Waals surface area (Å²) in [5.41, 5.74) is 0. The number of hydrogen-bond donors (Lipinski definition) is 0. The zero-order valence-electron chi connectivity index (χ0n) is 7.32. The van der Waals surface area contributed by atoms with E-state index in [-0.39, 0.29) is 0 Å². The summed E-state index contributed by atoms with van der Waals surface area (Å²) >= 11 is 0. The molecule has 2 nitrogen and oxygen atoms in total. The Kier molecular flexibility index (Phi) is 1.24. The molecule has 0 N–H and O–H groups in total. The van der Waals surface area contributed by atoms with Crippen LogP contribution in [0.1, 0.15) is 19.8 Å². The normalized spacial score (nSPS) is 56.4. The van der Waals surface area contributed by atoms with Gasteiger partial charge in [-0.3, -0.25) is 4.79 Å². The maximum atomic E-state index is 11.5. The average molecular weight is 166 g/mol. The summed E-state index contributed by atoms with van der Waals surface area (Å²) < 4.78 is 5.68. The van der Waals surface area contributed by atoms with Gasteiger partial charge in [0.1, 0.15) is 5.78 Å². The Bertz CT molecular complexity index is 230. The highest BCUT2D eigenvalue weighted by Crippen LogP contribution is 2.56. The largest absolute Gasteiger partial charge is 0.378 e. The third-order valence-corrected chi connectivity index (χ3v) is 4.13. The minimum absolute atomic E-state index is 0.372. The first-order valence-corrected chi connectivity index (χ1v) is 4.93. The molecule has 2 aliphatic carbocycles. The van der Waals surface area contributed by atoms with Crippen LogP contribution in [0.4, 0.5) is 0 Å². The summed E-state index contributed by atoms with van der Waals surface area (Å²) in [6.07, 6.45) is 2.19. The van der Waals surface area contributed by atoms with E-state index in [9.17, 15) is 4.79 Å². The molecule has 3 fully saturated rings. The summed E-state index contributed by atoms with van der Waals surface area (Å²) in [5.74, 6) is 2.81. The van der Waals surface area contributed by atoms with E-state index in [4.69, 9.17) is 4.74 Å². The molecule has 0 aromatic rings. The molecule has 1 heterocycles. The van der Waals surface area contributed by atoms with Crippen LogP contribution >= 0.6 is 0 Å². The number of carbonyl (C=O) groups is 1. The van der Waals surface area contributed by atoms with Crippen molar-refractivity contribution in [3.8, 4) is 0 Å². The van der Waals surface area contributed by atoms with Crippen molar-refractivity contribution in [2.45, 2.75) is 25.9 Å². The lowest BCUT2D eigenvalue weighted by Gasteiger charge is -2.49. The van der Waals surface area contributed by atoms with Gasteiger partial charge in [-0.2, -0.15) is 0 Å². The molecule has 12 heavy (non-hydrogen) atoms. The Hall–Kier alpha value is -0.370. The molecule has 66 valence electrons. The zero-order chi connectivity index (χ0) is 8.29. The number of carbonyl (C=O) groups excluding carboxylic acids is 1. The molecule has 1 saturated heterocycles. The van der Waals surface area contributed by atoms with Crippen molar-refractivity contribution in [3.63, 3.8) is 0 Å². The van der Waals surface area contributed by atoms with Crippen LogP contribution in [0.25, 0.3) is 0 Å². The maximum Gasteiger partial charge on any atom is 0.136 e. The van der Waals surface area contributed by atoms with E-state index < -0.39 is 0 Å². The quantitative estimate of drug-likeness (QED) is 0.541. The van der Waals surface area contributed by atoms with Gasteiger partial charge in [-0.1, -0.05) is 6.92 Å². The minimum Gasteiger partial charge on any atom is -0.378 e. The Morgan fingerprint density at radius 1 is 1.50 bits per heavy atom. The molecule has 0 aromatic heterocycles. The molecule has 5 atom stereocenters. The number of hydrogen-bond acceptors (Lipinski definition) is 2. The van der Waals surface area contributed by atoms with Crippen molar-refractivity contribution in [2.24, 2.45) is 23.7 Å². The fraction of sp³-hybridized carbons (Fsp3) is 0.900. The molecule has 3 rings (SSSR count). The smallest absolute Gasteiger partial charge is 0.136 e. The fourth-order valence-corrected chi connectivity index (χ4v) is 3.44. The lowest BCUT2D eigenvalue weighted by molar-refractivity contribution is -0.141. The molecule has 0 bridgehead atoms. The second-order valence-electron chi connectivity index (χ2n) is 4.50. The number of rotatable bonds is 0. The van der Waals surface area contributed by atoms with E-state index >= 15 is 0 Å². The van der Waals surface area contributed by atoms with Crippen LogP contribution in [0.15, 0.2) is 0 Å². The van der Waals surface area contributed by atoms with Gasteiger partial charge >= 0.3 is 0 Å². The summed E-state index contributed by atoms with van der Waals surface area (Å²) in [6, 6.07) is 0. The first kappa shape index (κ1) is 7.07. The van der Waals surface area contributed by atoms with Crippen LogP contribution in [0.2, 0.25) is 0 Å². The van der Waals surface area contributed by atoms with Crippen molar-refractivity contribution in [2.75, 3.05) is 6.61 Å². The van der Waals surface area contributed by atoms with Crippen LogP contribution in [-0.2, 0) is 9.53 Å². The maximum absolute atomic E-state index is 11.5. The third-order valence-electron chi connectivity index (χ3n) is 4.13. The molecular formula is C10H14O2. The molecule has 0 aromatic carbocycles. The van der Waals surface area contributed by atoms with E-state index in [1.807, 2.05) is 0 Å². The lowest BCUT2D eigenvalue weighted by Crippen LogP contribution is -2.53. The molecule has 0 radical (unpaired) electrons. The van der Waals surface area contributed by atoms with Gasteiger partial charge < -0.3 is 4.74 Å². The van der Waals surface area contributed by atoms with Gasteiger partial charge in [-0.15, -0.1) is 0 Å². The summed E-state index contributed by atoms with van der Waals surface area (Å²) in [6.45, 7) is 3.13. The average Bonchev–Trinajstić information content (AvgIpc) is 2.43. The standard InChI is InChI=1S/C10H14O2/c1-5-6-4-12-8-3-2-7(11)9(5)10(6)8/h5-6,8-10H,2-4H2,1H3/t5-,6-,8+,9-,10+/m1/s1. The van der Waals surface area contributed by atoms with Crippen LogP contribution < -0.4 is 0 Å². The van der Waals surface area contributed by atoms with Crippen LogP contribution in [-0.4, -0.2) is 18.5 Å². The molecule has 3 aliphatic rings.